The Hall–Kier alpha value is -2.17. The standard InChI is InChI=1S/C17H30N4O6S/c1-9(2)10(20-15(26)27-16(3,4)5)11(22)21-12-17(28-12,13(23)24)7-6-8-19-14(18)25/h9-10,12H,6-8H2,1-5H3,(H,20,26)(H,21,22)(H,23,24)(H3,18,19,25)/t10-,12?,17+/m0/s1. The summed E-state index contributed by atoms with van der Waals surface area (Å²) in [6, 6.07) is -1.54. The summed E-state index contributed by atoms with van der Waals surface area (Å²) in [5.41, 5.74) is 4.27. The molecule has 28 heavy (non-hydrogen) atoms. The zero-order valence-electron chi connectivity index (χ0n) is 16.8. The molecule has 1 unspecified atom stereocenters. The number of amides is 4. The van der Waals surface area contributed by atoms with E-state index < -0.39 is 45.8 Å². The van der Waals surface area contributed by atoms with E-state index >= 15 is 0 Å². The first-order valence-corrected chi connectivity index (χ1v) is 9.91. The maximum absolute atomic E-state index is 12.6. The van der Waals surface area contributed by atoms with Crippen molar-refractivity contribution >= 4 is 35.8 Å². The van der Waals surface area contributed by atoms with Gasteiger partial charge in [-0.3, -0.25) is 9.59 Å². The lowest BCUT2D eigenvalue weighted by Crippen LogP contribution is -2.52. The molecule has 0 aliphatic carbocycles. The number of carbonyl (C=O) groups excluding carboxylic acids is 3. The van der Waals surface area contributed by atoms with Crippen LogP contribution in [0.1, 0.15) is 47.5 Å². The summed E-state index contributed by atoms with van der Waals surface area (Å²) in [6.45, 7) is 8.92. The molecule has 1 rings (SSSR count). The first-order chi connectivity index (χ1) is 12.8. The van der Waals surface area contributed by atoms with Crippen molar-refractivity contribution in [3.8, 4) is 0 Å². The molecule has 3 atom stereocenters. The normalized spacial score (nSPS) is 22.1. The fourth-order valence-electron chi connectivity index (χ4n) is 2.53. The quantitative estimate of drug-likeness (QED) is 0.276. The highest BCUT2D eigenvalue weighted by Gasteiger charge is 2.62. The number of thioether (sulfide) groups is 1. The smallest absolute Gasteiger partial charge is 0.408 e. The number of primary amides is 1. The largest absolute Gasteiger partial charge is 0.480 e. The number of hydrogen-bond donors (Lipinski definition) is 5. The fourth-order valence-corrected chi connectivity index (χ4v) is 3.70. The van der Waals surface area contributed by atoms with E-state index in [0.717, 1.165) is 11.8 Å². The Kier molecular flexibility index (Phi) is 7.97. The summed E-state index contributed by atoms with van der Waals surface area (Å²) < 4.78 is 4.03. The van der Waals surface area contributed by atoms with E-state index in [4.69, 9.17) is 10.5 Å². The van der Waals surface area contributed by atoms with Crippen LogP contribution in [-0.4, -0.2) is 57.4 Å². The molecular weight excluding hydrogens is 388 g/mol. The van der Waals surface area contributed by atoms with Crippen molar-refractivity contribution in [3.63, 3.8) is 0 Å². The molecule has 0 aromatic rings. The van der Waals surface area contributed by atoms with Gasteiger partial charge < -0.3 is 31.5 Å². The zero-order chi connectivity index (χ0) is 21.7. The van der Waals surface area contributed by atoms with E-state index in [2.05, 4.69) is 16.0 Å². The van der Waals surface area contributed by atoms with Crippen molar-refractivity contribution in [3.05, 3.63) is 0 Å². The number of carboxylic acid groups (broad SMARTS) is 1. The van der Waals surface area contributed by atoms with Crippen molar-refractivity contribution in [2.24, 2.45) is 11.7 Å². The molecule has 160 valence electrons. The van der Waals surface area contributed by atoms with E-state index in [1.165, 1.54) is 0 Å². The van der Waals surface area contributed by atoms with Crippen LogP contribution in [0.3, 0.4) is 0 Å². The Morgan fingerprint density at radius 2 is 1.86 bits per heavy atom. The molecule has 1 heterocycles. The summed E-state index contributed by atoms with van der Waals surface area (Å²) in [4.78, 5) is 46.9. The summed E-state index contributed by atoms with van der Waals surface area (Å²) in [5.74, 6) is -1.74. The maximum atomic E-state index is 12.6. The molecule has 0 radical (unpaired) electrons. The minimum Gasteiger partial charge on any atom is -0.480 e. The molecule has 0 aromatic heterocycles. The predicted molar refractivity (Wildman–Crippen MR) is 105 cm³/mol. The van der Waals surface area contributed by atoms with Crippen molar-refractivity contribution in [2.45, 2.75) is 69.2 Å². The Morgan fingerprint density at radius 1 is 1.25 bits per heavy atom. The number of rotatable bonds is 9. The van der Waals surface area contributed by atoms with Gasteiger partial charge in [-0.25, -0.2) is 9.59 Å². The molecule has 1 aliphatic heterocycles. The molecule has 11 heteroatoms. The van der Waals surface area contributed by atoms with Gasteiger partial charge in [0.2, 0.25) is 5.91 Å². The number of nitrogens with two attached hydrogens (primary N) is 1. The molecule has 4 amide bonds. The van der Waals surface area contributed by atoms with Crippen LogP contribution < -0.4 is 21.7 Å². The van der Waals surface area contributed by atoms with E-state index in [1.54, 1.807) is 34.6 Å². The fraction of sp³-hybridized carbons (Fsp3) is 0.765. The monoisotopic (exact) mass is 418 g/mol. The van der Waals surface area contributed by atoms with Gasteiger partial charge in [0.15, 0.2) is 0 Å². The number of ether oxygens (including phenoxy) is 1. The van der Waals surface area contributed by atoms with Crippen LogP contribution in [0.25, 0.3) is 0 Å². The van der Waals surface area contributed by atoms with Gasteiger partial charge in [0.1, 0.15) is 21.8 Å². The number of carbonyl (C=O) groups is 4. The molecule has 0 saturated carbocycles. The van der Waals surface area contributed by atoms with Crippen molar-refractivity contribution in [1.29, 1.82) is 0 Å². The summed E-state index contributed by atoms with van der Waals surface area (Å²) in [5, 5.41) is 16.5. The third-order valence-electron chi connectivity index (χ3n) is 3.98. The third kappa shape index (κ3) is 7.10. The highest BCUT2D eigenvalue weighted by molar-refractivity contribution is 8.09. The molecule has 10 nitrogen and oxygen atoms in total. The van der Waals surface area contributed by atoms with Crippen molar-refractivity contribution < 1.29 is 29.0 Å². The highest BCUT2D eigenvalue weighted by Crippen LogP contribution is 2.55. The molecule has 0 bridgehead atoms. The van der Waals surface area contributed by atoms with Crippen LogP contribution in [0.15, 0.2) is 0 Å². The number of aliphatic carboxylic acids is 1. The van der Waals surface area contributed by atoms with Crippen LogP contribution in [0.2, 0.25) is 0 Å². The van der Waals surface area contributed by atoms with Crippen molar-refractivity contribution in [1.82, 2.24) is 16.0 Å². The van der Waals surface area contributed by atoms with Crippen molar-refractivity contribution in [2.75, 3.05) is 6.54 Å². The lowest BCUT2D eigenvalue weighted by Gasteiger charge is -2.25. The first-order valence-electron chi connectivity index (χ1n) is 9.03. The molecule has 1 fully saturated rings. The van der Waals surface area contributed by atoms with E-state index in [1.807, 2.05) is 0 Å². The van der Waals surface area contributed by atoms with Crippen LogP contribution in [0.5, 0.6) is 0 Å². The Balaban J connectivity index is 2.66. The van der Waals surface area contributed by atoms with Crippen LogP contribution >= 0.6 is 11.8 Å². The Morgan fingerprint density at radius 3 is 2.32 bits per heavy atom. The van der Waals surface area contributed by atoms with Gasteiger partial charge >= 0.3 is 18.1 Å². The predicted octanol–water partition coefficient (Wildman–Crippen LogP) is 0.997. The van der Waals surface area contributed by atoms with Gasteiger partial charge in [0.05, 0.1) is 0 Å². The molecule has 0 aromatic carbocycles. The average Bonchev–Trinajstić information content (AvgIpc) is 3.21. The van der Waals surface area contributed by atoms with Gasteiger partial charge in [-0.1, -0.05) is 13.8 Å². The van der Waals surface area contributed by atoms with Crippen LogP contribution in [-0.2, 0) is 14.3 Å². The van der Waals surface area contributed by atoms with Gasteiger partial charge in [-0.2, -0.15) is 0 Å². The van der Waals surface area contributed by atoms with E-state index in [0.29, 0.717) is 6.42 Å². The van der Waals surface area contributed by atoms with Crippen LogP contribution in [0, 0.1) is 5.92 Å². The third-order valence-corrected chi connectivity index (χ3v) is 5.51. The van der Waals surface area contributed by atoms with Gasteiger partial charge in [0.25, 0.3) is 0 Å². The second-order valence-corrected chi connectivity index (χ2v) is 9.40. The minimum atomic E-state index is -1.15. The number of carboxylic acids is 1. The number of nitrogens with one attached hydrogen (secondary N) is 3. The maximum Gasteiger partial charge on any atom is 0.408 e. The Bertz CT molecular complexity index is 621. The number of urea groups is 1. The molecule has 1 saturated heterocycles. The molecular formula is C17H30N4O6S. The first kappa shape index (κ1) is 23.9. The lowest BCUT2D eigenvalue weighted by atomic mass is 10.0. The molecule has 6 N–H and O–H groups in total. The topological polar surface area (TPSA) is 160 Å². The van der Waals surface area contributed by atoms with E-state index in [-0.39, 0.29) is 18.9 Å². The summed E-state index contributed by atoms with van der Waals surface area (Å²) in [6.07, 6.45) is -0.0607. The minimum absolute atomic E-state index is 0.227. The average molecular weight is 419 g/mol. The lowest BCUT2D eigenvalue weighted by molar-refractivity contribution is -0.139. The zero-order valence-corrected chi connectivity index (χ0v) is 17.6. The van der Waals surface area contributed by atoms with E-state index in [9.17, 15) is 24.3 Å². The van der Waals surface area contributed by atoms with Crippen LogP contribution in [0.4, 0.5) is 9.59 Å². The SMILES string of the molecule is CC(C)[C@H](NC(=O)OC(C)(C)C)C(=O)NC1S[C@@]1(CCCNC(N)=O)C(=O)O. The second kappa shape index (κ2) is 9.35. The number of hydrogen-bond acceptors (Lipinski definition) is 6. The number of alkyl carbamates (subject to hydrolysis) is 1. The summed E-state index contributed by atoms with van der Waals surface area (Å²) >= 11 is 1.12. The van der Waals surface area contributed by atoms with Gasteiger partial charge in [-0.15, -0.1) is 11.8 Å². The second-order valence-electron chi connectivity index (χ2n) is 7.96. The molecule has 1 aliphatic rings. The summed E-state index contributed by atoms with van der Waals surface area (Å²) in [7, 11) is 0. The van der Waals surface area contributed by atoms with Gasteiger partial charge in [-0.05, 0) is 39.5 Å². The Labute approximate surface area is 168 Å². The highest BCUT2D eigenvalue weighted by atomic mass is 32.2. The molecule has 0 spiro atoms. The van der Waals surface area contributed by atoms with Gasteiger partial charge in [0, 0.05) is 6.54 Å².